The van der Waals surface area contributed by atoms with Crippen molar-refractivity contribution < 1.29 is 17.6 Å². The van der Waals surface area contributed by atoms with Gasteiger partial charge in [-0.15, -0.1) is 0 Å². The fraction of sp³-hybridized carbons (Fsp3) is 0.136. The summed E-state index contributed by atoms with van der Waals surface area (Å²) >= 11 is 5.88. The minimum Gasteiger partial charge on any atom is -0.318 e. The van der Waals surface area contributed by atoms with Crippen molar-refractivity contribution in [3.05, 3.63) is 87.4 Å². The Morgan fingerprint density at radius 1 is 1.07 bits per heavy atom. The van der Waals surface area contributed by atoms with E-state index >= 15 is 0 Å². The van der Waals surface area contributed by atoms with Crippen molar-refractivity contribution in [3.63, 3.8) is 0 Å². The third kappa shape index (κ3) is 4.20. The van der Waals surface area contributed by atoms with E-state index in [0.29, 0.717) is 11.3 Å². The lowest BCUT2D eigenvalue weighted by Crippen LogP contribution is -2.04. The number of aromatic nitrogens is 1. The van der Waals surface area contributed by atoms with E-state index in [1.54, 1.807) is 12.1 Å². The average Bonchev–Trinajstić information content (AvgIpc) is 2.95. The zero-order valence-electron chi connectivity index (χ0n) is 15.5. The van der Waals surface area contributed by atoms with Crippen LogP contribution in [0.3, 0.4) is 0 Å². The summed E-state index contributed by atoms with van der Waals surface area (Å²) in [6.45, 7) is 3.68. The Labute approximate surface area is 170 Å². The lowest BCUT2D eigenvalue weighted by Gasteiger charge is -2.10. The monoisotopic (exact) mass is 418 g/mol. The van der Waals surface area contributed by atoms with E-state index in [2.05, 4.69) is 0 Å². The van der Waals surface area contributed by atoms with Crippen molar-refractivity contribution in [3.8, 4) is 11.8 Å². The lowest BCUT2D eigenvalue weighted by molar-refractivity contribution is -0.137. The largest absolute Gasteiger partial charge is 0.416 e. The molecule has 0 amide bonds. The molecule has 2 nitrogen and oxygen atoms in total. The third-order valence-corrected chi connectivity index (χ3v) is 4.86. The Morgan fingerprint density at radius 3 is 2.28 bits per heavy atom. The van der Waals surface area contributed by atoms with Gasteiger partial charge in [-0.25, -0.2) is 4.39 Å². The second-order valence-corrected chi connectivity index (χ2v) is 6.91. The SMILES string of the molecule is Cc1cc(/C=C(/C#N)c2ccc(C(F)(F)F)cc2)c(C)n1-c1ccc(F)c(Cl)c1. The number of rotatable bonds is 3. The zero-order valence-corrected chi connectivity index (χ0v) is 16.2. The fourth-order valence-electron chi connectivity index (χ4n) is 3.13. The molecule has 0 spiro atoms. The highest BCUT2D eigenvalue weighted by molar-refractivity contribution is 6.30. The van der Waals surface area contributed by atoms with Crippen LogP contribution in [0.1, 0.15) is 28.1 Å². The molecule has 0 aliphatic carbocycles. The van der Waals surface area contributed by atoms with Crippen LogP contribution in [0.2, 0.25) is 5.02 Å². The van der Waals surface area contributed by atoms with Gasteiger partial charge in [0.15, 0.2) is 0 Å². The molecule has 0 fully saturated rings. The number of alkyl halides is 3. The molecule has 0 bridgehead atoms. The lowest BCUT2D eigenvalue weighted by atomic mass is 10.0. The summed E-state index contributed by atoms with van der Waals surface area (Å²) in [5, 5.41) is 9.51. The molecule has 29 heavy (non-hydrogen) atoms. The highest BCUT2D eigenvalue weighted by Crippen LogP contribution is 2.31. The zero-order chi connectivity index (χ0) is 21.3. The first-order valence-electron chi connectivity index (χ1n) is 8.55. The van der Waals surface area contributed by atoms with Gasteiger partial charge in [0, 0.05) is 17.1 Å². The quantitative estimate of drug-likeness (QED) is 0.333. The first-order valence-corrected chi connectivity index (χ1v) is 8.93. The molecule has 3 aromatic rings. The van der Waals surface area contributed by atoms with Gasteiger partial charge >= 0.3 is 6.18 Å². The Bertz CT molecular complexity index is 1130. The fourth-order valence-corrected chi connectivity index (χ4v) is 3.30. The molecule has 1 heterocycles. The number of aryl methyl sites for hydroxylation is 1. The van der Waals surface area contributed by atoms with Crippen molar-refractivity contribution in [2.75, 3.05) is 0 Å². The molecule has 0 atom stereocenters. The van der Waals surface area contributed by atoms with Crippen molar-refractivity contribution in [1.82, 2.24) is 4.57 Å². The summed E-state index contributed by atoms with van der Waals surface area (Å²) in [5.74, 6) is -0.521. The third-order valence-electron chi connectivity index (χ3n) is 4.58. The molecule has 1 aromatic heterocycles. The second-order valence-electron chi connectivity index (χ2n) is 6.51. The van der Waals surface area contributed by atoms with Gasteiger partial charge in [0.2, 0.25) is 0 Å². The molecule has 0 aliphatic heterocycles. The maximum atomic E-state index is 13.5. The summed E-state index contributed by atoms with van der Waals surface area (Å²) in [6.07, 6.45) is -2.82. The van der Waals surface area contributed by atoms with Crippen LogP contribution in [0.25, 0.3) is 17.3 Å². The van der Waals surface area contributed by atoms with Crippen LogP contribution < -0.4 is 0 Å². The van der Waals surface area contributed by atoms with Crippen molar-refractivity contribution in [1.29, 1.82) is 5.26 Å². The highest BCUT2D eigenvalue weighted by atomic mass is 35.5. The molecule has 0 aliphatic rings. The first kappa shape index (κ1) is 20.7. The van der Waals surface area contributed by atoms with Crippen LogP contribution in [-0.2, 0) is 6.18 Å². The molecule has 0 unspecified atom stereocenters. The Balaban J connectivity index is 2.03. The van der Waals surface area contributed by atoms with E-state index in [4.69, 9.17) is 11.6 Å². The van der Waals surface area contributed by atoms with Crippen LogP contribution >= 0.6 is 11.6 Å². The number of allylic oxidation sites excluding steroid dienone is 1. The number of nitriles is 1. The number of benzene rings is 2. The van der Waals surface area contributed by atoms with E-state index in [9.17, 15) is 22.8 Å². The summed E-state index contributed by atoms with van der Waals surface area (Å²) in [7, 11) is 0. The van der Waals surface area contributed by atoms with Gasteiger partial charge in [-0.3, -0.25) is 0 Å². The predicted octanol–water partition coefficient (Wildman–Crippen LogP) is 6.97. The van der Waals surface area contributed by atoms with Gasteiger partial charge in [0.05, 0.1) is 22.2 Å². The smallest absolute Gasteiger partial charge is 0.318 e. The predicted molar refractivity (Wildman–Crippen MR) is 105 cm³/mol. The minimum atomic E-state index is -4.43. The maximum Gasteiger partial charge on any atom is 0.416 e. The summed E-state index contributed by atoms with van der Waals surface area (Å²) < 4.78 is 53.6. The number of hydrogen-bond donors (Lipinski definition) is 0. The summed E-state index contributed by atoms with van der Waals surface area (Å²) in [5.41, 5.74) is 2.85. The van der Waals surface area contributed by atoms with Crippen LogP contribution in [0.4, 0.5) is 17.6 Å². The molecule has 3 rings (SSSR count). The van der Waals surface area contributed by atoms with Crippen molar-refractivity contribution in [2.24, 2.45) is 0 Å². The molecule has 0 saturated carbocycles. The van der Waals surface area contributed by atoms with Gasteiger partial charge in [-0.1, -0.05) is 23.7 Å². The van der Waals surface area contributed by atoms with Crippen LogP contribution in [0, 0.1) is 31.0 Å². The second kappa shape index (κ2) is 7.76. The Kier molecular flexibility index (Phi) is 5.54. The number of halogens is 5. The average molecular weight is 419 g/mol. The molecule has 2 aromatic carbocycles. The molecule has 7 heteroatoms. The van der Waals surface area contributed by atoms with Crippen molar-refractivity contribution in [2.45, 2.75) is 20.0 Å². The van der Waals surface area contributed by atoms with Crippen molar-refractivity contribution >= 4 is 23.3 Å². The van der Waals surface area contributed by atoms with E-state index in [-0.39, 0.29) is 10.6 Å². The highest BCUT2D eigenvalue weighted by Gasteiger charge is 2.30. The molecule has 0 saturated heterocycles. The standard InChI is InChI=1S/C22H15ClF4N2/c1-13-9-16(14(2)29(13)19-7-8-21(24)20(23)11-19)10-17(12-28)15-3-5-18(6-4-15)22(25,26)27/h3-11H,1-2H3/b17-10-. The van der Waals surface area contributed by atoms with Crippen LogP contribution in [-0.4, -0.2) is 4.57 Å². The maximum absolute atomic E-state index is 13.5. The molecule has 0 radical (unpaired) electrons. The number of hydrogen-bond acceptors (Lipinski definition) is 1. The van der Waals surface area contributed by atoms with E-state index in [1.807, 2.05) is 30.6 Å². The van der Waals surface area contributed by atoms with Crippen LogP contribution in [0.15, 0.2) is 48.5 Å². The van der Waals surface area contributed by atoms with Gasteiger partial charge in [0.25, 0.3) is 0 Å². The van der Waals surface area contributed by atoms with E-state index < -0.39 is 17.6 Å². The molecule has 148 valence electrons. The van der Waals surface area contributed by atoms with Gasteiger partial charge in [-0.2, -0.15) is 18.4 Å². The van der Waals surface area contributed by atoms with Gasteiger partial charge < -0.3 is 4.57 Å². The Hall–Kier alpha value is -3.04. The first-order chi connectivity index (χ1) is 13.6. The minimum absolute atomic E-state index is 0.00504. The summed E-state index contributed by atoms with van der Waals surface area (Å²) in [4.78, 5) is 0. The molecular formula is C22H15ClF4N2. The summed E-state index contributed by atoms with van der Waals surface area (Å²) in [6, 6.07) is 12.7. The topological polar surface area (TPSA) is 28.7 Å². The molecular weight excluding hydrogens is 404 g/mol. The normalized spacial score (nSPS) is 12.1. The van der Waals surface area contributed by atoms with E-state index in [0.717, 1.165) is 29.1 Å². The van der Waals surface area contributed by atoms with Crippen LogP contribution in [0.5, 0.6) is 0 Å². The van der Waals surface area contributed by atoms with Gasteiger partial charge in [-0.05, 0) is 67.4 Å². The Morgan fingerprint density at radius 2 is 1.72 bits per heavy atom. The molecule has 0 N–H and O–H groups in total. The van der Waals surface area contributed by atoms with E-state index in [1.165, 1.54) is 24.3 Å². The number of nitrogens with zero attached hydrogens (tertiary/aromatic N) is 2. The van der Waals surface area contributed by atoms with Gasteiger partial charge in [0.1, 0.15) is 5.82 Å².